The topological polar surface area (TPSA) is 152 Å². The van der Waals surface area contributed by atoms with E-state index in [1.54, 1.807) is 0 Å². The quantitative estimate of drug-likeness (QED) is 0.568. The molecule has 4 N–H and O–H groups in total. The Morgan fingerprint density at radius 2 is 1.48 bits per heavy atom. The molecule has 1 aliphatic rings. The smallest absolute Gasteiger partial charge is 0.336 e. The fraction of sp³-hybridized carbons (Fsp3) is 0.176. The highest BCUT2D eigenvalue weighted by Crippen LogP contribution is 2.54. The standard InChI is InChI=1S/C17H14O10/c1-24-14-10(6(16(20)21)3-8(18)12(14)19)11-7(17(22)23)4-9-13(15(11)25-2)27-5-26-9/h3-4,18-19H,5H2,1-2H3,(H,20,21)(H,22,23). The first kappa shape index (κ1) is 18.0. The molecule has 0 radical (unpaired) electrons. The lowest BCUT2D eigenvalue weighted by molar-refractivity contribution is 0.0683. The van der Waals surface area contributed by atoms with Crippen molar-refractivity contribution in [3.05, 3.63) is 23.3 Å². The number of ether oxygens (including phenoxy) is 4. The second-order valence-corrected chi connectivity index (χ2v) is 5.38. The third-order valence-corrected chi connectivity index (χ3v) is 3.97. The first-order chi connectivity index (χ1) is 12.8. The molecule has 0 saturated carbocycles. The number of fused-ring (bicyclic) bond motifs is 1. The molecule has 1 heterocycles. The minimum Gasteiger partial charge on any atom is -0.504 e. The maximum Gasteiger partial charge on any atom is 0.336 e. The first-order valence-electron chi connectivity index (χ1n) is 7.42. The lowest BCUT2D eigenvalue weighted by atomic mass is 9.92. The van der Waals surface area contributed by atoms with Gasteiger partial charge in [-0.05, 0) is 12.1 Å². The number of methoxy groups -OCH3 is 2. The van der Waals surface area contributed by atoms with Crippen LogP contribution < -0.4 is 18.9 Å². The van der Waals surface area contributed by atoms with Crippen molar-refractivity contribution in [3.8, 4) is 45.6 Å². The van der Waals surface area contributed by atoms with Gasteiger partial charge in [-0.15, -0.1) is 0 Å². The van der Waals surface area contributed by atoms with E-state index in [4.69, 9.17) is 18.9 Å². The summed E-state index contributed by atoms with van der Waals surface area (Å²) >= 11 is 0. The van der Waals surface area contributed by atoms with Gasteiger partial charge in [0.2, 0.25) is 18.3 Å². The largest absolute Gasteiger partial charge is 0.504 e. The fourth-order valence-electron chi connectivity index (χ4n) is 2.87. The van der Waals surface area contributed by atoms with Gasteiger partial charge in [-0.2, -0.15) is 0 Å². The summed E-state index contributed by atoms with van der Waals surface area (Å²) in [5.74, 6) is -4.78. The fourth-order valence-corrected chi connectivity index (χ4v) is 2.87. The van der Waals surface area contributed by atoms with Crippen LogP contribution in [0.5, 0.6) is 34.5 Å². The molecular formula is C17H14O10. The normalized spacial score (nSPS) is 11.9. The van der Waals surface area contributed by atoms with Gasteiger partial charge < -0.3 is 39.4 Å². The Kier molecular flexibility index (Phi) is 4.32. The number of hydrogen-bond acceptors (Lipinski definition) is 8. The van der Waals surface area contributed by atoms with Gasteiger partial charge in [-0.3, -0.25) is 0 Å². The number of phenolic OH excluding ortho intramolecular Hbond substituents is 2. The van der Waals surface area contributed by atoms with Gasteiger partial charge in [0.05, 0.1) is 25.3 Å². The molecule has 0 aromatic heterocycles. The molecule has 142 valence electrons. The third kappa shape index (κ3) is 2.67. The second kappa shape index (κ2) is 6.48. The average molecular weight is 378 g/mol. The number of aromatic carboxylic acids is 2. The number of rotatable bonds is 5. The van der Waals surface area contributed by atoms with Gasteiger partial charge in [0.25, 0.3) is 0 Å². The van der Waals surface area contributed by atoms with Crippen molar-refractivity contribution >= 4 is 11.9 Å². The van der Waals surface area contributed by atoms with Crippen LogP contribution in [0.2, 0.25) is 0 Å². The van der Waals surface area contributed by atoms with Gasteiger partial charge in [-0.1, -0.05) is 0 Å². The van der Waals surface area contributed by atoms with Crippen molar-refractivity contribution in [1.29, 1.82) is 0 Å². The van der Waals surface area contributed by atoms with Gasteiger partial charge >= 0.3 is 11.9 Å². The third-order valence-electron chi connectivity index (χ3n) is 3.97. The van der Waals surface area contributed by atoms with Gasteiger partial charge in [0.15, 0.2) is 23.0 Å². The highest BCUT2D eigenvalue weighted by atomic mass is 16.7. The molecule has 0 amide bonds. The molecule has 0 aliphatic carbocycles. The molecule has 0 saturated heterocycles. The van der Waals surface area contributed by atoms with Crippen LogP contribution in [0.4, 0.5) is 0 Å². The van der Waals surface area contributed by atoms with E-state index in [9.17, 15) is 30.0 Å². The molecule has 10 heteroatoms. The first-order valence-corrected chi connectivity index (χ1v) is 7.42. The lowest BCUT2D eigenvalue weighted by Crippen LogP contribution is -2.08. The minimum atomic E-state index is -1.49. The number of benzene rings is 2. The zero-order valence-electron chi connectivity index (χ0n) is 14.1. The molecule has 2 aromatic carbocycles. The number of carbonyl (C=O) groups is 2. The Balaban J connectivity index is 2.53. The van der Waals surface area contributed by atoms with Gasteiger partial charge in [0, 0.05) is 11.1 Å². The Morgan fingerprint density at radius 1 is 0.926 bits per heavy atom. The van der Waals surface area contributed by atoms with E-state index in [-0.39, 0.29) is 40.7 Å². The Hall–Kier alpha value is -3.82. The van der Waals surface area contributed by atoms with Crippen LogP contribution >= 0.6 is 0 Å². The van der Waals surface area contributed by atoms with Crippen LogP contribution in [-0.2, 0) is 0 Å². The Bertz CT molecular complexity index is 963. The summed E-state index contributed by atoms with van der Waals surface area (Å²) in [5.41, 5.74) is -1.39. The molecule has 10 nitrogen and oxygen atoms in total. The molecule has 27 heavy (non-hydrogen) atoms. The van der Waals surface area contributed by atoms with Crippen LogP contribution in [0.15, 0.2) is 12.1 Å². The van der Waals surface area contributed by atoms with Gasteiger partial charge in [-0.25, -0.2) is 9.59 Å². The lowest BCUT2D eigenvalue weighted by Gasteiger charge is -2.19. The Morgan fingerprint density at radius 3 is 2.04 bits per heavy atom. The van der Waals surface area contributed by atoms with Crippen LogP contribution in [0, 0.1) is 0 Å². The monoisotopic (exact) mass is 378 g/mol. The van der Waals surface area contributed by atoms with Crippen molar-refractivity contribution in [2.45, 2.75) is 0 Å². The summed E-state index contributed by atoms with van der Waals surface area (Å²) in [4.78, 5) is 23.6. The van der Waals surface area contributed by atoms with Crippen molar-refractivity contribution in [1.82, 2.24) is 0 Å². The molecule has 2 aromatic rings. The summed E-state index contributed by atoms with van der Waals surface area (Å²) in [6.45, 7) is -0.183. The zero-order valence-corrected chi connectivity index (χ0v) is 14.1. The van der Waals surface area contributed by atoms with Crippen LogP contribution in [0.3, 0.4) is 0 Å². The van der Waals surface area contributed by atoms with Crippen molar-refractivity contribution in [2.24, 2.45) is 0 Å². The van der Waals surface area contributed by atoms with Crippen molar-refractivity contribution in [2.75, 3.05) is 21.0 Å². The highest BCUT2D eigenvalue weighted by molar-refractivity contribution is 6.07. The van der Waals surface area contributed by atoms with E-state index in [1.807, 2.05) is 0 Å². The van der Waals surface area contributed by atoms with Crippen molar-refractivity contribution < 1.29 is 49.0 Å². The van der Waals surface area contributed by atoms with E-state index in [0.717, 1.165) is 19.2 Å². The highest BCUT2D eigenvalue weighted by Gasteiger charge is 2.34. The summed E-state index contributed by atoms with van der Waals surface area (Å²) in [7, 11) is 2.36. The molecular weight excluding hydrogens is 364 g/mol. The molecule has 0 fully saturated rings. The summed E-state index contributed by atoms with van der Waals surface area (Å²) in [5, 5.41) is 39.1. The van der Waals surface area contributed by atoms with Crippen LogP contribution in [-0.4, -0.2) is 53.4 Å². The van der Waals surface area contributed by atoms with Crippen LogP contribution in [0.1, 0.15) is 20.7 Å². The summed E-state index contributed by atoms with van der Waals surface area (Å²) in [6, 6.07) is 1.93. The van der Waals surface area contributed by atoms with E-state index >= 15 is 0 Å². The van der Waals surface area contributed by atoms with Gasteiger partial charge in [0.1, 0.15) is 0 Å². The molecule has 0 unspecified atom stereocenters. The van der Waals surface area contributed by atoms with Crippen molar-refractivity contribution in [3.63, 3.8) is 0 Å². The SMILES string of the molecule is COc1c(O)c(O)cc(C(=O)O)c1-c1c(C(=O)O)cc2c(c1OC)OCO2. The number of hydrogen-bond donors (Lipinski definition) is 4. The maximum atomic E-state index is 11.8. The minimum absolute atomic E-state index is 0.0726. The number of carboxylic acid groups (broad SMARTS) is 2. The van der Waals surface area contributed by atoms with Crippen LogP contribution in [0.25, 0.3) is 11.1 Å². The average Bonchev–Trinajstić information content (AvgIpc) is 3.09. The molecule has 1 aliphatic heterocycles. The molecule has 0 atom stereocenters. The number of phenols is 2. The number of carboxylic acids is 2. The van der Waals surface area contributed by atoms with E-state index < -0.39 is 34.8 Å². The molecule has 0 bridgehead atoms. The zero-order chi connectivity index (χ0) is 19.9. The second-order valence-electron chi connectivity index (χ2n) is 5.38. The van der Waals surface area contributed by atoms with E-state index in [2.05, 4.69) is 0 Å². The van der Waals surface area contributed by atoms with E-state index in [0.29, 0.717) is 0 Å². The predicted molar refractivity (Wildman–Crippen MR) is 88.4 cm³/mol. The number of aromatic hydroxyl groups is 2. The predicted octanol–water partition coefficient (Wildman–Crippen LogP) is 1.91. The summed E-state index contributed by atoms with van der Waals surface area (Å²) in [6.07, 6.45) is 0. The summed E-state index contributed by atoms with van der Waals surface area (Å²) < 4.78 is 20.8. The maximum absolute atomic E-state index is 11.8. The van der Waals surface area contributed by atoms with E-state index in [1.165, 1.54) is 7.11 Å². The Labute approximate surface area is 151 Å². The molecule has 3 rings (SSSR count). The molecule has 0 spiro atoms.